The second-order valence-electron chi connectivity index (χ2n) is 5.20. The van der Waals surface area contributed by atoms with Gasteiger partial charge in [-0.3, -0.25) is 0 Å². The van der Waals surface area contributed by atoms with Gasteiger partial charge in [0.15, 0.2) is 0 Å². The van der Waals surface area contributed by atoms with E-state index in [-0.39, 0.29) is 6.10 Å². The van der Waals surface area contributed by atoms with Crippen LogP contribution in [0.1, 0.15) is 25.1 Å². The molecule has 0 unspecified atom stereocenters. The summed E-state index contributed by atoms with van der Waals surface area (Å²) in [6, 6.07) is 4.03. The van der Waals surface area contributed by atoms with Gasteiger partial charge < -0.3 is 14.8 Å². The van der Waals surface area contributed by atoms with E-state index in [1.165, 1.54) is 5.56 Å². The van der Waals surface area contributed by atoms with Crippen LogP contribution in [0, 0.1) is 12.8 Å². The molecule has 0 aromatic carbocycles. The number of aromatic nitrogens is 1. The Morgan fingerprint density at radius 2 is 2.22 bits per heavy atom. The zero-order chi connectivity index (χ0) is 13.0. The average Bonchev–Trinajstić information content (AvgIpc) is 2.26. The standard InChI is InChI=1S/C14H22N2O2/c1-10(2)6-15-7-12-4-5-14(16-11(12)3)18-13-8-17-9-13/h4-5,10,13,15H,6-9H2,1-3H3. The highest BCUT2D eigenvalue weighted by Crippen LogP contribution is 2.16. The Morgan fingerprint density at radius 1 is 1.44 bits per heavy atom. The van der Waals surface area contributed by atoms with Crippen molar-refractivity contribution in [2.75, 3.05) is 19.8 Å². The van der Waals surface area contributed by atoms with Gasteiger partial charge in [-0.05, 0) is 24.9 Å². The van der Waals surface area contributed by atoms with E-state index < -0.39 is 0 Å². The van der Waals surface area contributed by atoms with Crippen LogP contribution in [-0.2, 0) is 11.3 Å². The van der Waals surface area contributed by atoms with Crippen molar-refractivity contribution in [2.45, 2.75) is 33.4 Å². The second kappa shape index (κ2) is 6.16. The summed E-state index contributed by atoms with van der Waals surface area (Å²) < 4.78 is 10.7. The van der Waals surface area contributed by atoms with Gasteiger partial charge in [-0.25, -0.2) is 4.98 Å². The lowest BCUT2D eigenvalue weighted by atomic mass is 10.2. The summed E-state index contributed by atoms with van der Waals surface area (Å²) >= 11 is 0. The predicted octanol–water partition coefficient (Wildman–Crippen LogP) is 1.91. The first-order valence-corrected chi connectivity index (χ1v) is 6.57. The van der Waals surface area contributed by atoms with Crippen molar-refractivity contribution in [3.05, 3.63) is 23.4 Å². The van der Waals surface area contributed by atoms with Crippen LogP contribution in [-0.4, -0.2) is 30.8 Å². The maximum absolute atomic E-state index is 5.67. The maximum Gasteiger partial charge on any atom is 0.213 e. The molecule has 1 N–H and O–H groups in total. The summed E-state index contributed by atoms with van der Waals surface area (Å²) in [6.45, 7) is 9.68. The topological polar surface area (TPSA) is 43.4 Å². The first-order chi connectivity index (χ1) is 8.65. The molecule has 0 saturated carbocycles. The van der Waals surface area contributed by atoms with Crippen molar-refractivity contribution in [1.82, 2.24) is 10.3 Å². The van der Waals surface area contributed by atoms with E-state index in [1.807, 2.05) is 13.0 Å². The number of ether oxygens (including phenoxy) is 2. The smallest absolute Gasteiger partial charge is 0.213 e. The molecule has 2 rings (SSSR count). The van der Waals surface area contributed by atoms with E-state index in [0.717, 1.165) is 18.8 Å². The second-order valence-corrected chi connectivity index (χ2v) is 5.20. The summed E-state index contributed by atoms with van der Waals surface area (Å²) in [5.41, 5.74) is 2.26. The van der Waals surface area contributed by atoms with E-state index in [9.17, 15) is 0 Å². The zero-order valence-corrected chi connectivity index (χ0v) is 11.4. The number of aryl methyl sites for hydroxylation is 1. The lowest BCUT2D eigenvalue weighted by Crippen LogP contribution is -2.38. The summed E-state index contributed by atoms with van der Waals surface area (Å²) in [4.78, 5) is 4.47. The SMILES string of the molecule is Cc1nc(OC2COC2)ccc1CNCC(C)C. The van der Waals surface area contributed by atoms with Crippen molar-refractivity contribution in [3.8, 4) is 5.88 Å². The molecule has 0 amide bonds. The van der Waals surface area contributed by atoms with E-state index in [2.05, 4.69) is 30.2 Å². The molecule has 1 aliphatic rings. The molecule has 0 bridgehead atoms. The number of nitrogens with zero attached hydrogens (tertiary/aromatic N) is 1. The summed E-state index contributed by atoms with van der Waals surface area (Å²) in [5, 5.41) is 3.42. The fourth-order valence-electron chi connectivity index (χ4n) is 1.77. The molecule has 0 spiro atoms. The highest BCUT2D eigenvalue weighted by Gasteiger charge is 2.20. The van der Waals surface area contributed by atoms with Crippen LogP contribution in [0.15, 0.2) is 12.1 Å². The van der Waals surface area contributed by atoms with Crippen LogP contribution in [0.3, 0.4) is 0 Å². The van der Waals surface area contributed by atoms with Gasteiger partial charge in [0, 0.05) is 18.3 Å². The third-order valence-corrected chi connectivity index (χ3v) is 2.93. The molecular formula is C14H22N2O2. The predicted molar refractivity (Wildman–Crippen MR) is 70.8 cm³/mol. The lowest BCUT2D eigenvalue weighted by Gasteiger charge is -2.26. The van der Waals surface area contributed by atoms with Crippen molar-refractivity contribution in [3.63, 3.8) is 0 Å². The van der Waals surface area contributed by atoms with Gasteiger partial charge in [0.05, 0.1) is 13.2 Å². The Kier molecular flexibility index (Phi) is 4.55. The van der Waals surface area contributed by atoms with Gasteiger partial charge in [0.25, 0.3) is 0 Å². The number of rotatable bonds is 6. The molecule has 0 radical (unpaired) electrons. The largest absolute Gasteiger partial charge is 0.469 e. The molecule has 4 nitrogen and oxygen atoms in total. The van der Waals surface area contributed by atoms with Crippen molar-refractivity contribution >= 4 is 0 Å². The molecule has 100 valence electrons. The summed E-state index contributed by atoms with van der Waals surface area (Å²) in [6.07, 6.45) is 0.182. The van der Waals surface area contributed by atoms with E-state index in [0.29, 0.717) is 25.0 Å². The molecule has 1 aromatic heterocycles. The quantitative estimate of drug-likeness (QED) is 0.837. The highest BCUT2D eigenvalue weighted by molar-refractivity contribution is 5.25. The fraction of sp³-hybridized carbons (Fsp3) is 0.643. The zero-order valence-electron chi connectivity index (χ0n) is 11.4. The number of pyridine rings is 1. The maximum atomic E-state index is 5.67. The minimum absolute atomic E-state index is 0.182. The highest BCUT2D eigenvalue weighted by atomic mass is 16.6. The van der Waals surface area contributed by atoms with Crippen LogP contribution in [0.25, 0.3) is 0 Å². The van der Waals surface area contributed by atoms with Crippen LogP contribution in [0.2, 0.25) is 0 Å². The Hall–Kier alpha value is -1.13. The van der Waals surface area contributed by atoms with Crippen molar-refractivity contribution < 1.29 is 9.47 Å². The molecule has 0 aliphatic carbocycles. The number of hydrogen-bond acceptors (Lipinski definition) is 4. The molecule has 2 heterocycles. The molecule has 4 heteroatoms. The molecule has 1 fully saturated rings. The van der Waals surface area contributed by atoms with Gasteiger partial charge in [-0.1, -0.05) is 19.9 Å². The Balaban J connectivity index is 1.87. The molecule has 1 aliphatic heterocycles. The monoisotopic (exact) mass is 250 g/mol. The van der Waals surface area contributed by atoms with E-state index in [4.69, 9.17) is 9.47 Å². The average molecular weight is 250 g/mol. The van der Waals surface area contributed by atoms with Crippen molar-refractivity contribution in [1.29, 1.82) is 0 Å². The molecule has 1 saturated heterocycles. The summed E-state index contributed by atoms with van der Waals surface area (Å²) in [7, 11) is 0. The van der Waals surface area contributed by atoms with Gasteiger partial charge in [-0.2, -0.15) is 0 Å². The molecule has 0 atom stereocenters. The van der Waals surface area contributed by atoms with Crippen LogP contribution in [0.4, 0.5) is 0 Å². The molecule has 18 heavy (non-hydrogen) atoms. The van der Waals surface area contributed by atoms with Gasteiger partial charge in [0.2, 0.25) is 5.88 Å². The third kappa shape index (κ3) is 3.68. The number of hydrogen-bond donors (Lipinski definition) is 1. The third-order valence-electron chi connectivity index (χ3n) is 2.93. The Morgan fingerprint density at radius 3 is 2.78 bits per heavy atom. The van der Waals surface area contributed by atoms with Gasteiger partial charge >= 0.3 is 0 Å². The fourth-order valence-corrected chi connectivity index (χ4v) is 1.77. The first-order valence-electron chi connectivity index (χ1n) is 6.57. The summed E-state index contributed by atoms with van der Waals surface area (Å²) in [5.74, 6) is 1.37. The minimum atomic E-state index is 0.182. The van der Waals surface area contributed by atoms with Crippen molar-refractivity contribution in [2.24, 2.45) is 5.92 Å². The van der Waals surface area contributed by atoms with Crippen LogP contribution < -0.4 is 10.1 Å². The normalized spacial score (nSPS) is 15.8. The molecule has 1 aromatic rings. The lowest BCUT2D eigenvalue weighted by molar-refractivity contribution is -0.0813. The first kappa shape index (κ1) is 13.3. The van der Waals surface area contributed by atoms with Gasteiger partial charge in [-0.15, -0.1) is 0 Å². The van der Waals surface area contributed by atoms with E-state index in [1.54, 1.807) is 0 Å². The van der Waals surface area contributed by atoms with Gasteiger partial charge in [0.1, 0.15) is 6.10 Å². The molecular weight excluding hydrogens is 228 g/mol. The Labute approximate surface area is 109 Å². The minimum Gasteiger partial charge on any atom is -0.469 e. The van der Waals surface area contributed by atoms with E-state index >= 15 is 0 Å². The number of nitrogens with one attached hydrogen (secondary N) is 1. The van der Waals surface area contributed by atoms with Crippen LogP contribution >= 0.6 is 0 Å². The Bertz CT molecular complexity index is 389. The van der Waals surface area contributed by atoms with Crippen LogP contribution in [0.5, 0.6) is 5.88 Å².